The van der Waals surface area contributed by atoms with Crippen molar-refractivity contribution >= 4 is 45.0 Å². The maximum Gasteiger partial charge on any atom is 0.0846 e. The Morgan fingerprint density at radius 2 is 1.38 bits per heavy atom. The smallest absolute Gasteiger partial charge is 0.0846 e. The molecular formula is C19H22Cl2N2O3. The predicted molar refractivity (Wildman–Crippen MR) is 106 cm³/mol. The minimum Gasteiger partial charge on any atom is -0.395 e. The number of aliphatic hydroxyl groups is 3. The van der Waals surface area contributed by atoms with Crippen LogP contribution in [0, 0.1) is 0 Å². The van der Waals surface area contributed by atoms with Crippen molar-refractivity contribution in [2.75, 3.05) is 32.8 Å². The molecule has 140 valence electrons. The van der Waals surface area contributed by atoms with Crippen LogP contribution in [0.4, 0.5) is 0 Å². The highest BCUT2D eigenvalue weighted by Gasteiger charge is 2.16. The summed E-state index contributed by atoms with van der Waals surface area (Å²) in [6.45, 7) is 1.55. The Morgan fingerprint density at radius 1 is 0.885 bits per heavy atom. The highest BCUT2D eigenvalue weighted by Crippen LogP contribution is 2.33. The minimum atomic E-state index is -0.654. The van der Waals surface area contributed by atoms with Crippen molar-refractivity contribution in [2.24, 2.45) is 0 Å². The molecule has 26 heavy (non-hydrogen) atoms. The molecule has 0 radical (unpaired) electrons. The van der Waals surface area contributed by atoms with E-state index in [2.05, 4.69) is 4.57 Å². The Morgan fingerprint density at radius 3 is 1.85 bits per heavy atom. The quantitative estimate of drug-likeness (QED) is 0.547. The summed E-state index contributed by atoms with van der Waals surface area (Å²) in [5, 5.41) is 32.1. The molecule has 1 aromatic heterocycles. The van der Waals surface area contributed by atoms with Gasteiger partial charge in [-0.05, 0) is 36.4 Å². The topological polar surface area (TPSA) is 68.9 Å². The first-order valence-corrected chi connectivity index (χ1v) is 9.28. The first kappa shape index (κ1) is 19.4. The molecule has 0 aliphatic rings. The Bertz CT molecular complexity index is 832. The van der Waals surface area contributed by atoms with Crippen molar-refractivity contribution in [1.29, 1.82) is 0 Å². The number of hydrogen-bond acceptors (Lipinski definition) is 4. The Kier molecular flexibility index (Phi) is 6.40. The van der Waals surface area contributed by atoms with E-state index in [1.807, 2.05) is 41.3 Å². The lowest BCUT2D eigenvalue weighted by Crippen LogP contribution is -2.38. The summed E-state index contributed by atoms with van der Waals surface area (Å²) in [7, 11) is 0. The second-order valence-electron chi connectivity index (χ2n) is 6.34. The third kappa shape index (κ3) is 4.14. The molecule has 0 fully saturated rings. The number of aromatic nitrogens is 1. The van der Waals surface area contributed by atoms with Gasteiger partial charge in [0, 0.05) is 51.5 Å². The van der Waals surface area contributed by atoms with Crippen molar-refractivity contribution in [3.63, 3.8) is 0 Å². The molecule has 1 atom stereocenters. The number of rotatable bonds is 8. The highest BCUT2D eigenvalue weighted by molar-refractivity contribution is 6.33. The van der Waals surface area contributed by atoms with E-state index in [0.29, 0.717) is 36.2 Å². The average molecular weight is 397 g/mol. The van der Waals surface area contributed by atoms with Crippen LogP contribution >= 0.6 is 23.2 Å². The third-order valence-electron chi connectivity index (χ3n) is 4.48. The lowest BCUT2D eigenvalue weighted by molar-refractivity contribution is 0.0787. The molecule has 0 aliphatic carbocycles. The van der Waals surface area contributed by atoms with Crippen LogP contribution in [0.3, 0.4) is 0 Å². The van der Waals surface area contributed by atoms with Gasteiger partial charge in [0.1, 0.15) is 0 Å². The summed E-state index contributed by atoms with van der Waals surface area (Å²) in [5.41, 5.74) is 1.95. The molecule has 5 nitrogen and oxygen atoms in total. The highest BCUT2D eigenvalue weighted by atomic mass is 35.5. The van der Waals surface area contributed by atoms with Gasteiger partial charge < -0.3 is 19.9 Å². The van der Waals surface area contributed by atoms with E-state index in [-0.39, 0.29) is 13.2 Å². The monoisotopic (exact) mass is 396 g/mol. The summed E-state index contributed by atoms with van der Waals surface area (Å²) in [4.78, 5) is 1.84. The third-order valence-corrected chi connectivity index (χ3v) is 4.95. The summed E-state index contributed by atoms with van der Waals surface area (Å²) in [6.07, 6.45) is -0.654. The molecular weight excluding hydrogens is 375 g/mol. The maximum absolute atomic E-state index is 10.6. The molecule has 2 aromatic carbocycles. The molecule has 0 bridgehead atoms. The number of nitrogens with zero attached hydrogens (tertiary/aromatic N) is 2. The van der Waals surface area contributed by atoms with Crippen molar-refractivity contribution in [3.05, 3.63) is 46.4 Å². The zero-order valence-electron chi connectivity index (χ0n) is 14.3. The lowest BCUT2D eigenvalue weighted by atomic mass is 10.1. The van der Waals surface area contributed by atoms with E-state index >= 15 is 0 Å². The van der Waals surface area contributed by atoms with E-state index in [1.165, 1.54) is 0 Å². The molecule has 0 saturated carbocycles. The minimum absolute atomic E-state index is 0.0148. The number of halogens is 2. The van der Waals surface area contributed by atoms with Crippen LogP contribution in [0.15, 0.2) is 36.4 Å². The fourth-order valence-corrected chi connectivity index (χ4v) is 3.73. The molecule has 0 amide bonds. The van der Waals surface area contributed by atoms with Crippen molar-refractivity contribution in [1.82, 2.24) is 9.47 Å². The van der Waals surface area contributed by atoms with Gasteiger partial charge in [0.25, 0.3) is 0 Å². The van der Waals surface area contributed by atoms with Gasteiger partial charge >= 0.3 is 0 Å². The lowest BCUT2D eigenvalue weighted by Gasteiger charge is -2.24. The van der Waals surface area contributed by atoms with Crippen LogP contribution in [0.5, 0.6) is 0 Å². The van der Waals surface area contributed by atoms with E-state index in [4.69, 9.17) is 33.4 Å². The fraction of sp³-hybridized carbons (Fsp3) is 0.368. The average Bonchev–Trinajstić information content (AvgIpc) is 2.88. The van der Waals surface area contributed by atoms with Gasteiger partial charge in [0.05, 0.1) is 25.9 Å². The zero-order valence-corrected chi connectivity index (χ0v) is 15.8. The van der Waals surface area contributed by atoms with E-state index < -0.39 is 6.10 Å². The number of hydrogen-bond donors (Lipinski definition) is 3. The van der Waals surface area contributed by atoms with Gasteiger partial charge in [-0.1, -0.05) is 23.2 Å². The summed E-state index contributed by atoms with van der Waals surface area (Å²) < 4.78 is 2.05. The summed E-state index contributed by atoms with van der Waals surface area (Å²) in [5.74, 6) is 0. The van der Waals surface area contributed by atoms with Crippen molar-refractivity contribution in [2.45, 2.75) is 12.6 Å². The van der Waals surface area contributed by atoms with Crippen molar-refractivity contribution < 1.29 is 15.3 Å². The number of fused-ring (bicyclic) bond motifs is 3. The Hall–Kier alpha value is -1.34. The van der Waals surface area contributed by atoms with Gasteiger partial charge in [-0.15, -0.1) is 0 Å². The largest absolute Gasteiger partial charge is 0.395 e. The van der Waals surface area contributed by atoms with Gasteiger partial charge in [0.15, 0.2) is 0 Å². The normalized spacial score (nSPS) is 13.2. The van der Waals surface area contributed by atoms with Crippen LogP contribution < -0.4 is 0 Å². The van der Waals surface area contributed by atoms with E-state index in [9.17, 15) is 5.11 Å². The van der Waals surface area contributed by atoms with Crippen LogP contribution in [0.1, 0.15) is 0 Å². The SMILES string of the molecule is OCCN(CCO)C[C@@H](O)Cn1c2ccc(Cl)cc2c2cc(Cl)ccc21. The van der Waals surface area contributed by atoms with Crippen LogP contribution in [-0.2, 0) is 6.54 Å². The second kappa shape index (κ2) is 8.57. The summed E-state index contributed by atoms with van der Waals surface area (Å²) in [6, 6.07) is 11.4. The van der Waals surface area contributed by atoms with Crippen LogP contribution in [-0.4, -0.2) is 63.7 Å². The van der Waals surface area contributed by atoms with Gasteiger partial charge in [-0.2, -0.15) is 0 Å². The molecule has 7 heteroatoms. The van der Waals surface area contributed by atoms with Crippen LogP contribution in [0.2, 0.25) is 10.0 Å². The molecule has 1 heterocycles. The Labute approximate surface area is 162 Å². The first-order chi connectivity index (χ1) is 12.5. The molecule has 3 aromatic rings. The van der Waals surface area contributed by atoms with E-state index in [1.54, 1.807) is 0 Å². The first-order valence-electron chi connectivity index (χ1n) is 8.52. The molecule has 0 saturated heterocycles. The maximum atomic E-state index is 10.6. The number of aliphatic hydroxyl groups excluding tert-OH is 3. The van der Waals surface area contributed by atoms with E-state index in [0.717, 1.165) is 21.8 Å². The van der Waals surface area contributed by atoms with Gasteiger partial charge in [-0.3, -0.25) is 4.90 Å². The molecule has 0 aliphatic heterocycles. The van der Waals surface area contributed by atoms with Crippen LogP contribution in [0.25, 0.3) is 21.8 Å². The fourth-order valence-electron chi connectivity index (χ4n) is 3.39. The zero-order chi connectivity index (χ0) is 18.7. The summed E-state index contributed by atoms with van der Waals surface area (Å²) >= 11 is 12.3. The molecule has 0 spiro atoms. The standard InChI is InChI=1S/C19H22Cl2N2O3/c20-13-1-3-18-16(9-13)17-10-14(21)2-4-19(17)23(18)12-15(26)11-22(5-7-24)6-8-25/h1-4,9-10,15,24-26H,5-8,11-12H2/t15-/m1/s1. The van der Waals surface area contributed by atoms with Gasteiger partial charge in [-0.25, -0.2) is 0 Å². The molecule has 0 unspecified atom stereocenters. The second-order valence-corrected chi connectivity index (χ2v) is 7.21. The Balaban J connectivity index is 1.95. The van der Waals surface area contributed by atoms with Crippen molar-refractivity contribution in [3.8, 4) is 0 Å². The molecule has 3 rings (SSSR count). The number of benzene rings is 2. The predicted octanol–water partition coefficient (Wildman–Crippen LogP) is 2.75. The molecule has 3 N–H and O–H groups in total. The van der Waals surface area contributed by atoms with Gasteiger partial charge in [0.2, 0.25) is 0 Å².